The van der Waals surface area contributed by atoms with Crippen molar-refractivity contribution in [2.45, 2.75) is 27.2 Å². The number of benzene rings is 2. The van der Waals surface area contributed by atoms with Crippen molar-refractivity contribution in [1.82, 2.24) is 4.98 Å². The van der Waals surface area contributed by atoms with Gasteiger partial charge in [0.25, 0.3) is 0 Å². The Morgan fingerprint density at radius 1 is 1.00 bits per heavy atom. The topological polar surface area (TPSA) is 76.2 Å². The van der Waals surface area contributed by atoms with E-state index in [0.717, 1.165) is 16.3 Å². The second-order valence-electron chi connectivity index (χ2n) is 6.58. The normalized spacial score (nSPS) is 10.8. The molecule has 1 N–H and O–H groups in total. The maximum absolute atomic E-state index is 12.4. The number of fused-ring (bicyclic) bond motifs is 1. The monoisotopic (exact) mass is 363 g/mol. The molecule has 0 atom stereocenters. The van der Waals surface area contributed by atoms with Crippen molar-refractivity contribution in [3.05, 3.63) is 70.5 Å². The maximum atomic E-state index is 12.4. The van der Waals surface area contributed by atoms with Crippen LogP contribution in [0.2, 0.25) is 0 Å². The van der Waals surface area contributed by atoms with Crippen LogP contribution in [0.3, 0.4) is 0 Å². The highest BCUT2D eigenvalue weighted by molar-refractivity contribution is 6.04. The van der Waals surface area contributed by atoms with Gasteiger partial charge in [0.1, 0.15) is 0 Å². The first-order valence-corrected chi connectivity index (χ1v) is 8.74. The van der Waals surface area contributed by atoms with Gasteiger partial charge in [-0.25, -0.2) is 0 Å². The van der Waals surface area contributed by atoms with Crippen LogP contribution in [0.25, 0.3) is 10.8 Å². The highest BCUT2D eigenvalue weighted by Gasteiger charge is 2.20. The molecule has 0 unspecified atom stereocenters. The van der Waals surface area contributed by atoms with Crippen LogP contribution in [0, 0.1) is 13.8 Å². The van der Waals surface area contributed by atoms with Gasteiger partial charge in [-0.15, -0.1) is 0 Å². The molecule has 0 amide bonds. The lowest BCUT2D eigenvalue weighted by molar-refractivity contribution is -0.141. The zero-order valence-electron chi connectivity index (χ0n) is 15.6. The zero-order valence-corrected chi connectivity index (χ0v) is 15.6. The number of ether oxygens (including phenoxy) is 1. The molecule has 5 nitrogen and oxygen atoms in total. The van der Waals surface area contributed by atoms with Gasteiger partial charge in [-0.3, -0.25) is 14.4 Å². The van der Waals surface area contributed by atoms with Crippen LogP contribution < -0.4 is 0 Å². The molecule has 3 rings (SSSR count). The van der Waals surface area contributed by atoms with Crippen molar-refractivity contribution in [1.29, 1.82) is 0 Å². The lowest BCUT2D eigenvalue weighted by atomic mass is 10.0. The lowest BCUT2D eigenvalue weighted by Crippen LogP contribution is -2.17. The lowest BCUT2D eigenvalue weighted by Gasteiger charge is -2.07. The van der Waals surface area contributed by atoms with Crippen molar-refractivity contribution in [2.75, 3.05) is 6.61 Å². The summed E-state index contributed by atoms with van der Waals surface area (Å²) in [7, 11) is 0. The van der Waals surface area contributed by atoms with Crippen molar-refractivity contribution in [3.63, 3.8) is 0 Å². The molecule has 3 aromatic rings. The molecule has 0 saturated heterocycles. The Labute approximate surface area is 157 Å². The van der Waals surface area contributed by atoms with Crippen LogP contribution >= 0.6 is 0 Å². The highest BCUT2D eigenvalue weighted by Crippen LogP contribution is 2.20. The molecule has 0 aliphatic heterocycles. The molecule has 0 saturated carbocycles. The van der Waals surface area contributed by atoms with Crippen molar-refractivity contribution in [2.24, 2.45) is 0 Å². The molecule has 0 aliphatic rings. The number of aromatic amines is 1. The molecule has 0 spiro atoms. The van der Waals surface area contributed by atoms with E-state index >= 15 is 0 Å². The van der Waals surface area contributed by atoms with E-state index < -0.39 is 5.97 Å². The van der Waals surface area contributed by atoms with Crippen molar-refractivity contribution < 1.29 is 19.1 Å². The molecule has 138 valence electrons. The van der Waals surface area contributed by atoms with Gasteiger partial charge >= 0.3 is 5.97 Å². The number of H-pyrrole nitrogens is 1. The quantitative estimate of drug-likeness (QED) is 0.531. The number of hydrogen-bond donors (Lipinski definition) is 1. The Hall–Kier alpha value is -3.21. The Balaban J connectivity index is 1.68. The van der Waals surface area contributed by atoms with E-state index in [4.69, 9.17) is 4.74 Å². The van der Waals surface area contributed by atoms with Crippen LogP contribution in [-0.4, -0.2) is 29.1 Å². The van der Waals surface area contributed by atoms with Gasteiger partial charge in [0, 0.05) is 11.3 Å². The molecule has 1 heterocycles. The predicted molar refractivity (Wildman–Crippen MR) is 103 cm³/mol. The van der Waals surface area contributed by atoms with Crippen LogP contribution in [0.1, 0.15) is 44.6 Å². The Bertz CT molecular complexity index is 1040. The first-order valence-electron chi connectivity index (χ1n) is 8.74. The number of carbonyl (C=O) groups excluding carboxylic acids is 3. The number of nitrogens with one attached hydrogen (secondary N) is 1. The fourth-order valence-electron chi connectivity index (χ4n) is 3.43. The molecular formula is C22H21NO4. The third-order valence-corrected chi connectivity index (χ3v) is 4.65. The van der Waals surface area contributed by atoms with Gasteiger partial charge in [0.2, 0.25) is 5.78 Å². The molecule has 27 heavy (non-hydrogen) atoms. The van der Waals surface area contributed by atoms with Crippen molar-refractivity contribution >= 4 is 28.3 Å². The number of Topliss-reactive ketones (excluding diaryl/α,β-unsaturated/α-hetero) is 2. The summed E-state index contributed by atoms with van der Waals surface area (Å²) in [5, 5.41) is 2.04. The van der Waals surface area contributed by atoms with Gasteiger partial charge in [0.05, 0.1) is 12.1 Å². The fraction of sp³-hybridized carbons (Fsp3) is 0.227. The number of esters is 1. The summed E-state index contributed by atoms with van der Waals surface area (Å²) in [6.45, 7) is 4.56. The zero-order chi connectivity index (χ0) is 19.6. The number of carbonyl (C=O) groups is 3. The summed E-state index contributed by atoms with van der Waals surface area (Å²) in [5.74, 6) is -0.921. The van der Waals surface area contributed by atoms with Gasteiger partial charge in [-0.1, -0.05) is 42.5 Å². The van der Waals surface area contributed by atoms with Gasteiger partial charge in [-0.2, -0.15) is 0 Å². The largest absolute Gasteiger partial charge is 0.457 e. The first kappa shape index (κ1) is 18.6. The van der Waals surface area contributed by atoms with E-state index in [1.165, 1.54) is 6.92 Å². The van der Waals surface area contributed by atoms with E-state index in [1.54, 1.807) is 13.8 Å². The standard InChI is InChI=1S/C22H21NO4/c1-13-21(15(3)24)14(2)23-22(13)19(25)12-27-20(26)11-17-9-6-8-16-7-4-5-10-18(16)17/h4-10,23H,11-12H2,1-3H3. The maximum Gasteiger partial charge on any atom is 0.310 e. The summed E-state index contributed by atoms with van der Waals surface area (Å²) in [5.41, 5.74) is 2.92. The molecule has 1 aromatic heterocycles. The number of aryl methyl sites for hydroxylation is 1. The number of rotatable bonds is 6. The molecule has 2 aromatic carbocycles. The SMILES string of the molecule is CC(=O)c1c(C)[nH]c(C(=O)COC(=O)Cc2cccc3ccccc23)c1C. The predicted octanol–water partition coefficient (Wildman–Crippen LogP) is 3.96. The van der Waals surface area contributed by atoms with Gasteiger partial charge in [-0.05, 0) is 42.7 Å². The molecule has 0 aliphatic carbocycles. The second-order valence-corrected chi connectivity index (χ2v) is 6.58. The van der Waals surface area contributed by atoms with Crippen LogP contribution in [0.5, 0.6) is 0 Å². The smallest absolute Gasteiger partial charge is 0.310 e. The average Bonchev–Trinajstić information content (AvgIpc) is 2.94. The third kappa shape index (κ3) is 3.82. The summed E-state index contributed by atoms with van der Waals surface area (Å²) in [6, 6.07) is 13.6. The number of ketones is 2. The number of aromatic nitrogens is 1. The van der Waals surface area contributed by atoms with E-state index in [2.05, 4.69) is 4.98 Å². The van der Waals surface area contributed by atoms with Gasteiger partial charge < -0.3 is 9.72 Å². The number of hydrogen-bond acceptors (Lipinski definition) is 4. The molecule has 0 bridgehead atoms. The summed E-state index contributed by atoms with van der Waals surface area (Å²) < 4.78 is 5.18. The molecule has 0 radical (unpaired) electrons. The van der Waals surface area contributed by atoms with Crippen LogP contribution in [-0.2, 0) is 16.0 Å². The second kappa shape index (κ2) is 7.58. The molecular weight excluding hydrogens is 342 g/mol. The Morgan fingerprint density at radius 2 is 1.70 bits per heavy atom. The van der Waals surface area contributed by atoms with Crippen molar-refractivity contribution in [3.8, 4) is 0 Å². The summed E-state index contributed by atoms with van der Waals surface area (Å²) in [6.07, 6.45) is 0.0933. The first-order chi connectivity index (χ1) is 12.9. The van der Waals surface area contributed by atoms with E-state index in [1.807, 2.05) is 42.5 Å². The fourth-order valence-corrected chi connectivity index (χ4v) is 3.43. The highest BCUT2D eigenvalue weighted by atomic mass is 16.5. The molecule has 0 fully saturated rings. The Kier molecular flexibility index (Phi) is 5.21. The minimum absolute atomic E-state index is 0.0933. The Morgan fingerprint density at radius 3 is 2.41 bits per heavy atom. The van der Waals surface area contributed by atoms with Crippen LogP contribution in [0.4, 0.5) is 0 Å². The van der Waals surface area contributed by atoms with E-state index in [-0.39, 0.29) is 24.6 Å². The third-order valence-electron chi connectivity index (χ3n) is 4.65. The molecule has 5 heteroatoms. The minimum Gasteiger partial charge on any atom is -0.457 e. The summed E-state index contributed by atoms with van der Waals surface area (Å²) >= 11 is 0. The van der Waals surface area contributed by atoms with E-state index in [9.17, 15) is 14.4 Å². The minimum atomic E-state index is -0.465. The van der Waals surface area contributed by atoms with Crippen LogP contribution in [0.15, 0.2) is 42.5 Å². The van der Waals surface area contributed by atoms with Gasteiger partial charge in [0.15, 0.2) is 12.4 Å². The van der Waals surface area contributed by atoms with E-state index in [0.29, 0.717) is 22.5 Å². The average molecular weight is 363 g/mol. The summed E-state index contributed by atoms with van der Waals surface area (Å²) in [4.78, 5) is 39.2.